The van der Waals surface area contributed by atoms with Crippen LogP contribution in [0.15, 0.2) is 379 Å². The molecule has 0 saturated carbocycles. The second-order valence-electron chi connectivity index (χ2n) is 29.8. The average molecular weight is 1480 g/mol. The largest absolute Gasteiger partial charge is 0.456 e. The quantitative estimate of drug-likeness (QED) is 0.137. The first-order valence-corrected chi connectivity index (χ1v) is 39.0. The van der Waals surface area contributed by atoms with Crippen molar-refractivity contribution < 1.29 is 8.83 Å². The van der Waals surface area contributed by atoms with Crippen molar-refractivity contribution in [2.75, 3.05) is 0 Å². The number of nitrogens with zero attached hydrogens (tertiary/aromatic N) is 9. The van der Waals surface area contributed by atoms with Crippen LogP contribution in [0.3, 0.4) is 0 Å². The Morgan fingerprint density at radius 3 is 1.21 bits per heavy atom. The lowest BCUT2D eigenvalue weighted by molar-refractivity contribution is 0.668. The van der Waals surface area contributed by atoms with E-state index in [1.165, 1.54) is 0 Å². The zero-order valence-corrected chi connectivity index (χ0v) is 62.1. The highest BCUT2D eigenvalue weighted by Crippen LogP contribution is 2.46. The Bertz CT molecular complexity index is 8400. The molecule has 11 nitrogen and oxygen atoms in total. The minimum Gasteiger partial charge on any atom is -0.456 e. The van der Waals surface area contributed by atoms with Gasteiger partial charge in [-0.2, -0.15) is 0 Å². The monoisotopic (exact) mass is 1480 g/mol. The highest BCUT2D eigenvalue weighted by molar-refractivity contribution is 6.26. The first-order valence-electron chi connectivity index (χ1n) is 39.0. The number of benzene rings is 16. The number of pyridine rings is 3. The van der Waals surface area contributed by atoms with Gasteiger partial charge in [-0.25, -0.2) is 29.9 Å². The molecule has 0 amide bonds. The lowest BCUT2D eigenvalue weighted by Crippen LogP contribution is -1.98. The summed E-state index contributed by atoms with van der Waals surface area (Å²) in [4.78, 5) is 36.7. The summed E-state index contributed by atoms with van der Waals surface area (Å²) in [6.45, 7) is 0. The molecule has 0 aliphatic rings. The second-order valence-corrected chi connectivity index (χ2v) is 29.8. The number of aromatic nitrogens is 9. The van der Waals surface area contributed by atoms with Gasteiger partial charge in [0, 0.05) is 83.8 Å². The van der Waals surface area contributed by atoms with Crippen LogP contribution in [0.5, 0.6) is 0 Å². The fourth-order valence-electron chi connectivity index (χ4n) is 17.7. The first-order chi connectivity index (χ1) is 57.5. The van der Waals surface area contributed by atoms with Crippen molar-refractivity contribution in [2.45, 2.75) is 0 Å². The standard InChI is InChI=1S/C56H33N5O.C49H28N4O/c1-3-13-34(14-4-1)43-32-48-49(59-55(47-20-11-12-27-57-47)53(58-48)35-15-5-2-6-16-35)33-44(43)38-22-24-42-45(30-38)39-17-7-8-19-41(39)54-56(42)61-28-26-37(31-52(61)60-54)36-23-25-51-46(29-36)40-18-9-10-21-50(40)62-51;1-2-11-30(12-3-1)45-46(50-41-22-19-29-10-4-5-13-34(29)47(41)52-45)33-18-21-38-39(27-33)35-14-6-7-16-37(35)48-49(38)53-25-24-32(28-44(53)51-48)31-20-23-43-40(26-31)36-15-8-9-17-42(36)54-43/h1-33H;1-28H. The Hall–Kier alpha value is -15.9. The number of hydrogen-bond acceptors (Lipinski definition) is 9. The molecule has 0 radical (unpaired) electrons. The topological polar surface area (TPSA) is 125 Å². The van der Waals surface area contributed by atoms with Gasteiger partial charge in [0.1, 0.15) is 39.3 Å². The van der Waals surface area contributed by atoms with Crippen molar-refractivity contribution in [1.82, 2.24) is 43.7 Å². The lowest BCUT2D eigenvalue weighted by Gasteiger charge is -2.16. The molecule has 25 rings (SSSR count). The van der Waals surface area contributed by atoms with Crippen molar-refractivity contribution in [1.29, 1.82) is 0 Å². The van der Waals surface area contributed by atoms with E-state index in [9.17, 15) is 0 Å². The van der Waals surface area contributed by atoms with E-state index in [-0.39, 0.29) is 0 Å². The highest BCUT2D eigenvalue weighted by Gasteiger charge is 2.24. The van der Waals surface area contributed by atoms with Gasteiger partial charge in [-0.15, -0.1) is 0 Å². The van der Waals surface area contributed by atoms with E-state index in [2.05, 4.69) is 306 Å². The van der Waals surface area contributed by atoms with Gasteiger partial charge in [0.2, 0.25) is 0 Å². The van der Waals surface area contributed by atoms with Gasteiger partial charge in [-0.3, -0.25) is 13.8 Å². The Morgan fingerprint density at radius 1 is 0.216 bits per heavy atom. The van der Waals surface area contributed by atoms with Gasteiger partial charge in [-0.1, -0.05) is 249 Å². The first kappa shape index (κ1) is 64.9. The summed E-state index contributed by atoms with van der Waals surface area (Å²) in [5.74, 6) is 0. The number of hydrogen-bond donors (Lipinski definition) is 0. The molecule has 0 N–H and O–H groups in total. The van der Waals surface area contributed by atoms with Gasteiger partial charge in [0.25, 0.3) is 0 Å². The van der Waals surface area contributed by atoms with E-state index in [1.807, 2.05) is 72.9 Å². The van der Waals surface area contributed by atoms with Crippen molar-refractivity contribution in [3.05, 3.63) is 370 Å². The predicted octanol–water partition coefficient (Wildman–Crippen LogP) is 27.2. The van der Waals surface area contributed by atoms with Gasteiger partial charge in [0.15, 0.2) is 0 Å². The molecule has 0 fully saturated rings. The maximum absolute atomic E-state index is 6.14. The van der Waals surface area contributed by atoms with Gasteiger partial charge < -0.3 is 8.83 Å². The molecule has 16 aromatic carbocycles. The van der Waals surface area contributed by atoms with Gasteiger partial charge in [-0.05, 0) is 175 Å². The van der Waals surface area contributed by atoms with Crippen LogP contribution >= 0.6 is 0 Å². The molecule has 0 saturated heterocycles. The zero-order chi connectivity index (χ0) is 76.1. The number of rotatable bonds is 8. The number of fused-ring (bicyclic) bond motifs is 26. The molecular weight excluding hydrogens is 1420 g/mol. The fraction of sp³-hybridized carbons (Fsp3) is 0. The van der Waals surface area contributed by atoms with Crippen LogP contribution in [0.4, 0.5) is 0 Å². The van der Waals surface area contributed by atoms with E-state index < -0.39 is 0 Å². The van der Waals surface area contributed by atoms with Crippen LogP contribution in [0.2, 0.25) is 0 Å². The van der Waals surface area contributed by atoms with Crippen molar-refractivity contribution in [3.63, 3.8) is 0 Å². The smallest absolute Gasteiger partial charge is 0.138 e. The van der Waals surface area contributed by atoms with Crippen LogP contribution in [0, 0.1) is 0 Å². The minimum atomic E-state index is 0.751. The zero-order valence-electron chi connectivity index (χ0n) is 62.1. The van der Waals surface area contributed by atoms with E-state index in [0.29, 0.717) is 0 Å². The third-order valence-corrected chi connectivity index (χ3v) is 23.2. The predicted molar refractivity (Wildman–Crippen MR) is 475 cm³/mol. The molecule has 11 heteroatoms. The van der Waals surface area contributed by atoms with Crippen molar-refractivity contribution >= 4 is 153 Å². The summed E-state index contributed by atoms with van der Waals surface area (Å²) < 4.78 is 16.7. The molecule has 9 heterocycles. The molecule has 9 aromatic heterocycles. The maximum Gasteiger partial charge on any atom is 0.138 e. The molecule has 0 unspecified atom stereocenters. The molecular formula is C105H61N9O2. The molecule has 0 atom stereocenters. The van der Waals surface area contributed by atoms with E-state index in [4.69, 9.17) is 43.7 Å². The summed E-state index contributed by atoms with van der Waals surface area (Å²) in [6.07, 6.45) is 6.13. The SMILES string of the molecule is c1ccc(-c2cc3nc(-c4ccccc4)c(-c4ccccn4)nc3cc2-c2ccc3c(c2)c2ccccc2c2nc4cc(-c5ccc6oc7ccccc7c6c5)ccn4c32)cc1.c1ccc(-c2nc3c(ccc4ccccc43)nc2-c2ccc3c(c2)c2ccccc2c2nc4cc(-c5ccc6oc7ccccc7c6c5)ccn4c32)cc1. The van der Waals surface area contributed by atoms with Crippen LogP contribution in [-0.2, 0) is 0 Å². The Balaban J connectivity index is 0.000000134. The van der Waals surface area contributed by atoms with Gasteiger partial charge in [0.05, 0.1) is 66.9 Å². The molecule has 0 aliphatic heterocycles. The summed E-state index contributed by atoms with van der Waals surface area (Å²) in [7, 11) is 0. The average Bonchev–Trinajstić information content (AvgIpc) is 1.50. The summed E-state index contributed by atoms with van der Waals surface area (Å²) in [6, 6.07) is 123. The molecule has 25 aromatic rings. The van der Waals surface area contributed by atoms with Gasteiger partial charge >= 0.3 is 0 Å². The summed E-state index contributed by atoms with van der Waals surface area (Å²) >= 11 is 0. The Labute approximate surface area is 661 Å². The second kappa shape index (κ2) is 25.9. The van der Waals surface area contributed by atoms with Crippen LogP contribution in [-0.4, -0.2) is 43.7 Å². The third kappa shape index (κ3) is 10.4. The normalized spacial score (nSPS) is 12.0. The third-order valence-electron chi connectivity index (χ3n) is 23.2. The number of furan rings is 2. The van der Waals surface area contributed by atoms with E-state index >= 15 is 0 Å². The number of para-hydroxylation sites is 2. The molecule has 0 aliphatic carbocycles. The van der Waals surface area contributed by atoms with Crippen molar-refractivity contribution in [3.8, 4) is 89.7 Å². The minimum absolute atomic E-state index is 0.751. The number of imidazole rings is 2. The Kier molecular flexibility index (Phi) is 14.5. The lowest BCUT2D eigenvalue weighted by atomic mass is 9.91. The highest BCUT2D eigenvalue weighted by atomic mass is 16.3. The Morgan fingerprint density at radius 2 is 0.638 bits per heavy atom. The molecule has 0 bridgehead atoms. The fourth-order valence-corrected chi connectivity index (χ4v) is 17.7. The van der Waals surface area contributed by atoms with Crippen LogP contribution in [0.1, 0.15) is 0 Å². The molecule has 0 spiro atoms. The molecule has 538 valence electrons. The maximum atomic E-state index is 6.14. The van der Waals surface area contributed by atoms with E-state index in [1.54, 1.807) is 0 Å². The summed E-state index contributed by atoms with van der Waals surface area (Å²) in [5.41, 5.74) is 28.9. The van der Waals surface area contributed by atoms with Crippen molar-refractivity contribution in [2.24, 2.45) is 0 Å². The van der Waals surface area contributed by atoms with Crippen LogP contribution in [0.25, 0.3) is 243 Å². The van der Waals surface area contributed by atoms with Crippen LogP contribution < -0.4 is 0 Å². The molecule has 116 heavy (non-hydrogen) atoms. The summed E-state index contributed by atoms with van der Waals surface area (Å²) in [5, 5.41) is 15.9. The van der Waals surface area contributed by atoms with E-state index in [0.717, 1.165) is 243 Å².